The molecule has 1 heterocycles. The van der Waals surface area contributed by atoms with Crippen molar-refractivity contribution in [2.75, 3.05) is 13.7 Å². The van der Waals surface area contributed by atoms with Crippen LogP contribution in [0, 0.1) is 0 Å². The van der Waals surface area contributed by atoms with Crippen LogP contribution in [0.3, 0.4) is 0 Å². The van der Waals surface area contributed by atoms with E-state index in [1.807, 2.05) is 37.3 Å². The number of methoxy groups -OCH3 is 1. The predicted molar refractivity (Wildman–Crippen MR) is 138 cm³/mol. The normalized spacial score (nSPS) is 12.0. The quantitative estimate of drug-likeness (QED) is 0.202. The summed E-state index contributed by atoms with van der Waals surface area (Å²) in [6.07, 6.45) is 0.929. The average molecular weight is 528 g/mol. The van der Waals surface area contributed by atoms with E-state index in [1.54, 1.807) is 31.4 Å². The van der Waals surface area contributed by atoms with E-state index >= 15 is 0 Å². The number of aromatic nitrogens is 2. The minimum absolute atomic E-state index is 0.166. The Morgan fingerprint density at radius 2 is 1.66 bits per heavy atom. The molecule has 5 N–H and O–H groups in total. The first-order valence-electron chi connectivity index (χ1n) is 12.0. The predicted octanol–water partition coefficient (Wildman–Crippen LogP) is 2.60. The van der Waals surface area contributed by atoms with Gasteiger partial charge in [-0.2, -0.15) is 5.10 Å². The summed E-state index contributed by atoms with van der Waals surface area (Å²) in [5.74, 6) is -2.44. The number of aromatic carboxylic acids is 2. The summed E-state index contributed by atoms with van der Waals surface area (Å²) >= 11 is 0. The molecule has 1 aromatic heterocycles. The molecule has 0 aliphatic rings. The van der Waals surface area contributed by atoms with E-state index in [2.05, 4.69) is 5.10 Å². The third-order valence-corrected chi connectivity index (χ3v) is 5.41. The molecule has 204 valence electrons. The van der Waals surface area contributed by atoms with Gasteiger partial charge in [-0.25, -0.2) is 14.4 Å². The van der Waals surface area contributed by atoms with Gasteiger partial charge in [0.25, 0.3) is 0 Å². The van der Waals surface area contributed by atoms with Crippen LogP contribution in [0.15, 0.2) is 60.7 Å². The van der Waals surface area contributed by atoms with Crippen LogP contribution < -0.4 is 10.5 Å². The number of carbonyl (C=O) groups is 3. The number of unbranched alkanes of at least 4 members (excludes halogenated alkanes) is 1. The number of aliphatic hydroxyl groups excluding tert-OH is 1. The summed E-state index contributed by atoms with van der Waals surface area (Å²) in [5.41, 5.74) is 7.12. The topological polar surface area (TPSA) is 174 Å². The third-order valence-electron chi connectivity index (χ3n) is 5.41. The molecular formula is C27H33N3O8. The molecule has 0 saturated carbocycles. The van der Waals surface area contributed by atoms with Crippen LogP contribution in [0.5, 0.6) is 5.75 Å². The Morgan fingerprint density at radius 3 is 2.21 bits per heavy atom. The lowest BCUT2D eigenvalue weighted by molar-refractivity contribution is -0.154. The first-order valence-corrected chi connectivity index (χ1v) is 12.0. The highest BCUT2D eigenvalue weighted by Gasteiger charge is 2.24. The molecule has 0 fully saturated rings. The van der Waals surface area contributed by atoms with Crippen molar-refractivity contribution in [3.63, 3.8) is 0 Å². The molecule has 0 radical (unpaired) electrons. The van der Waals surface area contributed by atoms with E-state index in [0.29, 0.717) is 18.8 Å². The second kappa shape index (κ2) is 15.1. The molecule has 0 amide bonds. The molecule has 38 heavy (non-hydrogen) atoms. The van der Waals surface area contributed by atoms with Crippen molar-refractivity contribution >= 4 is 17.9 Å². The molecule has 11 heteroatoms. The van der Waals surface area contributed by atoms with E-state index in [9.17, 15) is 19.5 Å². The van der Waals surface area contributed by atoms with Crippen molar-refractivity contribution in [1.29, 1.82) is 0 Å². The van der Waals surface area contributed by atoms with Crippen LogP contribution in [0.4, 0.5) is 0 Å². The minimum Gasteiger partial charge on any atom is -0.497 e. The molecule has 0 aliphatic heterocycles. The highest BCUT2D eigenvalue weighted by Crippen LogP contribution is 2.14. The minimum atomic E-state index is -1.26. The molecule has 0 spiro atoms. The Labute approximate surface area is 220 Å². The number of nitrogens with zero attached hydrogens (tertiary/aromatic N) is 2. The van der Waals surface area contributed by atoms with Gasteiger partial charge in [0.1, 0.15) is 11.4 Å². The lowest BCUT2D eigenvalue weighted by Gasteiger charge is -2.17. The smallest absolute Gasteiger partial charge is 0.356 e. The van der Waals surface area contributed by atoms with Crippen LogP contribution in [0.25, 0.3) is 0 Å². The number of carbonyl (C=O) groups excluding carboxylic acids is 1. The van der Waals surface area contributed by atoms with Gasteiger partial charge in [-0.15, -0.1) is 0 Å². The van der Waals surface area contributed by atoms with Crippen molar-refractivity contribution in [2.45, 2.75) is 44.9 Å². The molecule has 0 aliphatic carbocycles. The van der Waals surface area contributed by atoms with E-state index in [4.69, 9.17) is 25.4 Å². The highest BCUT2D eigenvalue weighted by molar-refractivity contribution is 5.91. The summed E-state index contributed by atoms with van der Waals surface area (Å²) in [4.78, 5) is 33.4. The first-order chi connectivity index (χ1) is 18.2. The maximum Gasteiger partial charge on any atom is 0.356 e. The second-order valence-electron chi connectivity index (χ2n) is 8.35. The summed E-state index contributed by atoms with van der Waals surface area (Å²) in [7, 11) is 1.55. The molecule has 3 rings (SSSR count). The number of rotatable bonds is 12. The van der Waals surface area contributed by atoms with Gasteiger partial charge in [0.15, 0.2) is 11.8 Å². The first kappa shape index (κ1) is 30.0. The number of carboxylic acid groups (broad SMARTS) is 2. The Bertz CT molecular complexity index is 1180. The van der Waals surface area contributed by atoms with E-state index in [0.717, 1.165) is 34.7 Å². The van der Waals surface area contributed by atoms with Gasteiger partial charge in [0.05, 0.1) is 20.3 Å². The van der Waals surface area contributed by atoms with Crippen molar-refractivity contribution < 1.29 is 39.2 Å². The number of ether oxygens (including phenoxy) is 2. The van der Waals surface area contributed by atoms with Crippen molar-refractivity contribution in [3.05, 3.63) is 83.2 Å². The maximum absolute atomic E-state index is 11.5. The number of hydrogen-bond acceptors (Lipinski definition) is 8. The molecule has 11 nitrogen and oxygen atoms in total. The zero-order valence-electron chi connectivity index (χ0n) is 21.3. The van der Waals surface area contributed by atoms with Crippen molar-refractivity contribution in [1.82, 2.24) is 9.78 Å². The van der Waals surface area contributed by atoms with Crippen LogP contribution in [0.2, 0.25) is 0 Å². The number of hydrogen-bond donors (Lipinski definition) is 4. The fourth-order valence-corrected chi connectivity index (χ4v) is 3.29. The van der Waals surface area contributed by atoms with Gasteiger partial charge in [0.2, 0.25) is 0 Å². The van der Waals surface area contributed by atoms with E-state index < -0.39 is 30.1 Å². The number of carboxylic acids is 2. The Balaban J connectivity index is 0.000000269. The molecule has 0 unspecified atom stereocenters. The molecule has 2 atom stereocenters. The van der Waals surface area contributed by atoms with E-state index in [-0.39, 0.29) is 17.9 Å². The Kier molecular flexibility index (Phi) is 11.9. The SMILES string of the molecule is CCCCOC(=O)[C@H](O)[C@H](N)Cc1ccccc1.COc1ccc(Cn2nc(C(=O)O)cc2C(=O)O)cc1. The fraction of sp³-hybridized carbons (Fsp3) is 0.333. The van der Waals surface area contributed by atoms with Gasteiger partial charge in [-0.3, -0.25) is 4.68 Å². The van der Waals surface area contributed by atoms with Crippen molar-refractivity contribution in [3.8, 4) is 5.75 Å². The van der Waals surface area contributed by atoms with Crippen LogP contribution in [-0.2, 0) is 22.5 Å². The lowest BCUT2D eigenvalue weighted by Crippen LogP contribution is -2.43. The molecule has 0 bridgehead atoms. The fourth-order valence-electron chi connectivity index (χ4n) is 3.29. The van der Waals surface area contributed by atoms with Crippen molar-refractivity contribution in [2.24, 2.45) is 5.73 Å². The number of esters is 1. The largest absolute Gasteiger partial charge is 0.497 e. The Hall–Kier alpha value is -4.22. The number of nitrogens with two attached hydrogens (primary N) is 1. The Morgan fingerprint density at radius 1 is 1.00 bits per heavy atom. The monoisotopic (exact) mass is 527 g/mol. The van der Waals surface area contributed by atoms with Gasteiger partial charge in [-0.1, -0.05) is 55.8 Å². The van der Waals surface area contributed by atoms with E-state index in [1.165, 1.54) is 0 Å². The molecular weight excluding hydrogens is 494 g/mol. The van der Waals surface area contributed by atoms with Crippen LogP contribution in [0.1, 0.15) is 51.9 Å². The van der Waals surface area contributed by atoms with Gasteiger partial charge in [0, 0.05) is 12.1 Å². The highest BCUT2D eigenvalue weighted by atomic mass is 16.5. The summed E-state index contributed by atoms with van der Waals surface area (Å²) < 4.78 is 11.1. The average Bonchev–Trinajstić information content (AvgIpc) is 3.34. The summed E-state index contributed by atoms with van der Waals surface area (Å²) in [5, 5.41) is 31.4. The number of benzene rings is 2. The van der Waals surface area contributed by atoms with Gasteiger partial charge < -0.3 is 30.5 Å². The van der Waals surface area contributed by atoms with Crippen LogP contribution in [-0.4, -0.2) is 68.9 Å². The molecule has 2 aromatic carbocycles. The summed E-state index contributed by atoms with van der Waals surface area (Å²) in [6.45, 7) is 2.51. The second-order valence-corrected chi connectivity index (χ2v) is 8.35. The third kappa shape index (κ3) is 9.34. The zero-order chi connectivity index (χ0) is 28.1. The molecule has 0 saturated heterocycles. The lowest BCUT2D eigenvalue weighted by atomic mass is 10.0. The standard InChI is InChI=1S/C14H21NO3.C13H12N2O5/c1-2-3-9-18-14(17)13(16)12(15)10-11-7-5-4-6-8-11;1-20-9-4-2-8(3-5-9)7-15-11(13(18)19)6-10(14-15)12(16)17/h4-8,12-13,16H,2-3,9-10,15H2,1H3;2-6H,7H2,1H3,(H,16,17)(H,18,19)/t12-,13-;/m1./s1. The van der Waals surface area contributed by atoms with Gasteiger partial charge >= 0.3 is 17.9 Å². The molecule has 3 aromatic rings. The number of aliphatic hydroxyl groups is 1. The van der Waals surface area contributed by atoms with Gasteiger partial charge in [-0.05, 0) is 36.1 Å². The zero-order valence-corrected chi connectivity index (χ0v) is 21.3. The maximum atomic E-state index is 11.5. The van der Waals surface area contributed by atoms with Crippen LogP contribution >= 0.6 is 0 Å². The summed E-state index contributed by atoms with van der Waals surface area (Å²) in [6, 6.07) is 16.9.